The fraction of sp³-hybridized carbons (Fsp3) is 0.111. The van der Waals surface area contributed by atoms with E-state index < -0.39 is 15.8 Å². The predicted molar refractivity (Wildman–Crippen MR) is 89.0 cm³/mol. The molecule has 0 saturated carbocycles. The molecule has 0 fully saturated rings. The number of benzene rings is 3. The van der Waals surface area contributed by atoms with Crippen molar-refractivity contribution in [1.82, 2.24) is 4.31 Å². The average molecular weight is 329 g/mol. The molecule has 23 heavy (non-hydrogen) atoms. The molecule has 0 unspecified atom stereocenters. The molecule has 0 spiro atoms. The molecule has 3 aromatic carbocycles. The van der Waals surface area contributed by atoms with Crippen molar-refractivity contribution in [3.8, 4) is 0 Å². The summed E-state index contributed by atoms with van der Waals surface area (Å²) in [6.07, 6.45) is 0. The second kappa shape index (κ2) is 6.10. The van der Waals surface area contributed by atoms with E-state index in [-0.39, 0.29) is 11.4 Å². The Hall–Kier alpha value is -2.24. The molecule has 118 valence electrons. The summed E-state index contributed by atoms with van der Waals surface area (Å²) in [5.41, 5.74) is 0.900. The highest BCUT2D eigenvalue weighted by atomic mass is 32.2. The van der Waals surface area contributed by atoms with Crippen LogP contribution in [0.15, 0.2) is 71.6 Å². The Morgan fingerprint density at radius 1 is 0.913 bits per heavy atom. The smallest absolute Gasteiger partial charge is 0.207 e. The fourth-order valence-electron chi connectivity index (χ4n) is 2.47. The summed E-state index contributed by atoms with van der Waals surface area (Å²) in [6.45, 7) is 0.255. The van der Waals surface area contributed by atoms with Crippen molar-refractivity contribution >= 4 is 20.8 Å². The van der Waals surface area contributed by atoms with Crippen LogP contribution in [0.2, 0.25) is 0 Å². The second-order valence-electron chi connectivity index (χ2n) is 5.40. The summed E-state index contributed by atoms with van der Waals surface area (Å²) in [6, 6.07) is 18.6. The molecule has 0 aliphatic carbocycles. The van der Waals surface area contributed by atoms with Crippen LogP contribution in [0, 0.1) is 5.82 Å². The van der Waals surface area contributed by atoms with Crippen molar-refractivity contribution in [1.29, 1.82) is 0 Å². The summed E-state index contributed by atoms with van der Waals surface area (Å²) in [5, 5.41) is 2.18. The maximum atomic E-state index is 13.0. The maximum Gasteiger partial charge on any atom is 0.243 e. The number of halogens is 1. The summed E-state index contributed by atoms with van der Waals surface area (Å²) in [4.78, 5) is 0.0854. The number of sulfonamides is 1. The molecule has 0 saturated heterocycles. The number of fused-ring (bicyclic) bond motifs is 1. The quantitative estimate of drug-likeness (QED) is 0.730. The first kappa shape index (κ1) is 15.6. The maximum absolute atomic E-state index is 13.0. The average Bonchev–Trinajstić information content (AvgIpc) is 2.55. The minimum atomic E-state index is -3.64. The monoisotopic (exact) mass is 329 g/mol. The van der Waals surface area contributed by atoms with E-state index in [4.69, 9.17) is 0 Å². The summed E-state index contributed by atoms with van der Waals surface area (Å²) in [5.74, 6) is -0.457. The van der Waals surface area contributed by atoms with Gasteiger partial charge in [0.15, 0.2) is 0 Å². The molecule has 3 aromatic rings. The van der Waals surface area contributed by atoms with Gasteiger partial charge in [0.25, 0.3) is 0 Å². The van der Waals surface area contributed by atoms with E-state index in [1.807, 2.05) is 42.5 Å². The highest BCUT2D eigenvalue weighted by Gasteiger charge is 2.20. The van der Waals surface area contributed by atoms with Crippen LogP contribution < -0.4 is 0 Å². The Morgan fingerprint density at radius 2 is 1.57 bits per heavy atom. The molecule has 0 aliphatic heterocycles. The topological polar surface area (TPSA) is 37.4 Å². The van der Waals surface area contributed by atoms with Crippen LogP contribution in [0.3, 0.4) is 0 Å². The highest BCUT2D eigenvalue weighted by Crippen LogP contribution is 2.20. The van der Waals surface area contributed by atoms with E-state index >= 15 is 0 Å². The van der Waals surface area contributed by atoms with E-state index in [0.29, 0.717) is 0 Å². The minimum Gasteiger partial charge on any atom is -0.207 e. The van der Waals surface area contributed by atoms with Crippen molar-refractivity contribution in [3.05, 3.63) is 78.1 Å². The van der Waals surface area contributed by atoms with Gasteiger partial charge in [-0.25, -0.2) is 12.8 Å². The summed E-state index contributed by atoms with van der Waals surface area (Å²) in [7, 11) is -2.12. The molecule has 0 radical (unpaired) electrons. The molecule has 0 aromatic heterocycles. The molecule has 0 heterocycles. The molecule has 5 heteroatoms. The van der Waals surface area contributed by atoms with Crippen LogP contribution in [0.5, 0.6) is 0 Å². The van der Waals surface area contributed by atoms with Crippen molar-refractivity contribution < 1.29 is 12.8 Å². The van der Waals surface area contributed by atoms with Gasteiger partial charge in [-0.1, -0.05) is 36.4 Å². The molecular weight excluding hydrogens is 313 g/mol. The lowest BCUT2D eigenvalue weighted by Crippen LogP contribution is -2.26. The standard InChI is InChI=1S/C18H16FNO2S/c1-20(23(21,22)18-10-8-17(19)9-11-18)13-14-6-7-15-4-2-3-5-16(15)12-14/h2-12H,13H2,1H3. The third kappa shape index (κ3) is 3.25. The number of hydrogen-bond acceptors (Lipinski definition) is 2. The Bertz CT molecular complexity index is 937. The lowest BCUT2D eigenvalue weighted by molar-refractivity contribution is 0.466. The first-order chi connectivity index (χ1) is 11.0. The largest absolute Gasteiger partial charge is 0.243 e. The van der Waals surface area contributed by atoms with Crippen molar-refractivity contribution in [2.75, 3.05) is 7.05 Å². The molecule has 3 rings (SSSR count). The highest BCUT2D eigenvalue weighted by molar-refractivity contribution is 7.89. The predicted octanol–water partition coefficient (Wildman–Crippen LogP) is 3.80. The third-order valence-electron chi connectivity index (χ3n) is 3.74. The zero-order valence-corrected chi connectivity index (χ0v) is 13.4. The Balaban J connectivity index is 1.87. The lowest BCUT2D eigenvalue weighted by atomic mass is 10.1. The number of hydrogen-bond donors (Lipinski definition) is 0. The molecule has 0 aliphatic rings. The summed E-state index contributed by atoms with van der Waals surface area (Å²) >= 11 is 0. The van der Waals surface area contributed by atoms with Gasteiger partial charge in [0, 0.05) is 13.6 Å². The molecular formula is C18H16FNO2S. The van der Waals surface area contributed by atoms with Gasteiger partial charge >= 0.3 is 0 Å². The number of rotatable bonds is 4. The van der Waals surface area contributed by atoms with Gasteiger partial charge in [-0.05, 0) is 46.7 Å². The van der Waals surface area contributed by atoms with Crippen LogP contribution in [0.25, 0.3) is 10.8 Å². The van der Waals surface area contributed by atoms with E-state index in [1.165, 1.54) is 23.5 Å². The Labute approximate surface area is 135 Å². The normalized spacial score (nSPS) is 12.0. The Morgan fingerprint density at radius 3 is 2.26 bits per heavy atom. The van der Waals surface area contributed by atoms with E-state index in [1.54, 1.807) is 0 Å². The van der Waals surface area contributed by atoms with Gasteiger partial charge in [0.05, 0.1) is 4.90 Å². The van der Waals surface area contributed by atoms with Crippen LogP contribution in [-0.4, -0.2) is 19.8 Å². The molecule has 0 bridgehead atoms. The first-order valence-corrected chi connectivity index (χ1v) is 8.60. The van der Waals surface area contributed by atoms with Crippen LogP contribution in [0.1, 0.15) is 5.56 Å². The minimum absolute atomic E-state index is 0.0854. The van der Waals surface area contributed by atoms with Gasteiger partial charge in [0.2, 0.25) is 10.0 Å². The molecule has 0 atom stereocenters. The van der Waals surface area contributed by atoms with E-state index in [9.17, 15) is 12.8 Å². The molecule has 3 nitrogen and oxygen atoms in total. The van der Waals surface area contributed by atoms with E-state index in [2.05, 4.69) is 0 Å². The zero-order chi connectivity index (χ0) is 16.4. The van der Waals surface area contributed by atoms with E-state index in [0.717, 1.165) is 28.5 Å². The van der Waals surface area contributed by atoms with Crippen molar-refractivity contribution in [2.24, 2.45) is 0 Å². The SMILES string of the molecule is CN(Cc1ccc2ccccc2c1)S(=O)(=O)c1ccc(F)cc1. The van der Waals surface area contributed by atoms with Crippen molar-refractivity contribution in [2.45, 2.75) is 11.4 Å². The van der Waals surface area contributed by atoms with Gasteiger partial charge in [-0.15, -0.1) is 0 Å². The van der Waals surface area contributed by atoms with Crippen molar-refractivity contribution in [3.63, 3.8) is 0 Å². The Kier molecular flexibility index (Phi) is 4.15. The summed E-state index contributed by atoms with van der Waals surface area (Å²) < 4.78 is 39.3. The van der Waals surface area contributed by atoms with Gasteiger partial charge in [0.1, 0.15) is 5.82 Å². The van der Waals surface area contributed by atoms with Crippen LogP contribution in [-0.2, 0) is 16.6 Å². The van der Waals surface area contributed by atoms with Gasteiger partial charge in [-0.3, -0.25) is 0 Å². The van der Waals surface area contributed by atoms with Crippen LogP contribution >= 0.6 is 0 Å². The third-order valence-corrected chi connectivity index (χ3v) is 5.56. The van der Waals surface area contributed by atoms with Gasteiger partial charge in [-0.2, -0.15) is 4.31 Å². The fourth-order valence-corrected chi connectivity index (χ4v) is 3.62. The lowest BCUT2D eigenvalue weighted by Gasteiger charge is -2.17. The molecule has 0 N–H and O–H groups in total. The number of nitrogens with zero attached hydrogens (tertiary/aromatic N) is 1. The van der Waals surface area contributed by atoms with Gasteiger partial charge < -0.3 is 0 Å². The van der Waals surface area contributed by atoms with Crippen LogP contribution in [0.4, 0.5) is 4.39 Å². The zero-order valence-electron chi connectivity index (χ0n) is 12.6. The second-order valence-corrected chi connectivity index (χ2v) is 7.44. The first-order valence-electron chi connectivity index (χ1n) is 7.16. The molecule has 0 amide bonds.